The fraction of sp³-hybridized carbons (Fsp3) is 0.250. The molecule has 8 heteroatoms. The molecule has 1 fully saturated rings. The Balaban J connectivity index is 1.52. The summed E-state index contributed by atoms with van der Waals surface area (Å²) in [5.74, 6) is 1.55. The number of benzene rings is 1. The standard InChI is InChI=1S/C20H21N5O2S/c1-15-11-19(24-20(23-15)17-6-3-8-21-14-17)22-13-16-5-2-7-18(12-16)25-9-4-10-28(25,26)27/h2-3,5-8,11-12,14H,4,9-10,13H2,1H3,(H,22,23,24). The first kappa shape index (κ1) is 18.4. The van der Waals surface area contributed by atoms with Crippen LogP contribution in [0.2, 0.25) is 0 Å². The number of nitrogens with one attached hydrogen (secondary N) is 1. The summed E-state index contributed by atoms with van der Waals surface area (Å²) in [6, 6.07) is 13.3. The van der Waals surface area contributed by atoms with Gasteiger partial charge in [-0.1, -0.05) is 12.1 Å². The van der Waals surface area contributed by atoms with E-state index in [2.05, 4.69) is 20.3 Å². The Labute approximate surface area is 164 Å². The van der Waals surface area contributed by atoms with Crippen molar-refractivity contribution in [3.63, 3.8) is 0 Å². The van der Waals surface area contributed by atoms with E-state index in [0.717, 1.165) is 16.8 Å². The first-order valence-electron chi connectivity index (χ1n) is 9.11. The topological polar surface area (TPSA) is 88.1 Å². The maximum absolute atomic E-state index is 12.2. The summed E-state index contributed by atoms with van der Waals surface area (Å²) in [5, 5.41) is 3.31. The fourth-order valence-electron chi connectivity index (χ4n) is 3.23. The average Bonchev–Trinajstić information content (AvgIpc) is 3.06. The van der Waals surface area contributed by atoms with Crippen LogP contribution in [0, 0.1) is 6.92 Å². The zero-order valence-corrected chi connectivity index (χ0v) is 16.4. The molecule has 0 bridgehead atoms. The first-order chi connectivity index (χ1) is 13.5. The zero-order valence-electron chi connectivity index (χ0n) is 15.5. The Hall–Kier alpha value is -3.00. The molecule has 0 spiro atoms. The zero-order chi connectivity index (χ0) is 19.6. The van der Waals surface area contributed by atoms with E-state index in [-0.39, 0.29) is 5.75 Å². The van der Waals surface area contributed by atoms with Crippen LogP contribution in [0.4, 0.5) is 11.5 Å². The molecule has 1 saturated heterocycles. The van der Waals surface area contributed by atoms with Gasteiger partial charge >= 0.3 is 0 Å². The molecule has 28 heavy (non-hydrogen) atoms. The van der Waals surface area contributed by atoms with E-state index in [1.165, 1.54) is 4.31 Å². The normalized spacial score (nSPS) is 15.5. The van der Waals surface area contributed by atoms with E-state index in [1.807, 2.05) is 49.4 Å². The van der Waals surface area contributed by atoms with Crippen molar-refractivity contribution in [2.75, 3.05) is 21.9 Å². The lowest BCUT2D eigenvalue weighted by molar-refractivity contribution is 0.599. The van der Waals surface area contributed by atoms with Crippen LogP contribution in [0.25, 0.3) is 11.4 Å². The van der Waals surface area contributed by atoms with Crippen molar-refractivity contribution in [3.05, 3.63) is 66.1 Å². The minimum atomic E-state index is -3.18. The van der Waals surface area contributed by atoms with E-state index < -0.39 is 10.0 Å². The van der Waals surface area contributed by atoms with Gasteiger partial charge in [0.05, 0.1) is 11.4 Å². The summed E-state index contributed by atoms with van der Waals surface area (Å²) >= 11 is 0. The largest absolute Gasteiger partial charge is 0.366 e. The van der Waals surface area contributed by atoms with Crippen molar-refractivity contribution in [1.82, 2.24) is 15.0 Å². The number of rotatable bonds is 5. The van der Waals surface area contributed by atoms with Crippen molar-refractivity contribution in [2.24, 2.45) is 0 Å². The molecule has 0 aliphatic carbocycles. The van der Waals surface area contributed by atoms with Crippen LogP contribution < -0.4 is 9.62 Å². The average molecular weight is 395 g/mol. The summed E-state index contributed by atoms with van der Waals surface area (Å²) in [7, 11) is -3.18. The Bertz CT molecular complexity index is 1090. The molecule has 1 aliphatic heterocycles. The lowest BCUT2D eigenvalue weighted by Gasteiger charge is -2.18. The number of aryl methyl sites for hydroxylation is 1. The molecule has 0 amide bonds. The van der Waals surface area contributed by atoms with Crippen molar-refractivity contribution >= 4 is 21.5 Å². The second kappa shape index (κ2) is 7.55. The van der Waals surface area contributed by atoms with Gasteiger partial charge in [0.15, 0.2) is 5.82 Å². The van der Waals surface area contributed by atoms with E-state index >= 15 is 0 Å². The number of nitrogens with zero attached hydrogens (tertiary/aromatic N) is 4. The van der Waals surface area contributed by atoms with Gasteiger partial charge in [-0.3, -0.25) is 9.29 Å². The Morgan fingerprint density at radius 3 is 2.79 bits per heavy atom. The molecule has 3 aromatic rings. The van der Waals surface area contributed by atoms with Crippen LogP contribution >= 0.6 is 0 Å². The highest BCUT2D eigenvalue weighted by Gasteiger charge is 2.28. The Kier molecular flexibility index (Phi) is 4.95. The van der Waals surface area contributed by atoms with E-state index in [1.54, 1.807) is 12.4 Å². The third-order valence-corrected chi connectivity index (χ3v) is 6.41. The van der Waals surface area contributed by atoms with Gasteiger partial charge in [0.1, 0.15) is 5.82 Å². The molecule has 3 heterocycles. The second-order valence-electron chi connectivity index (χ2n) is 6.73. The fourth-order valence-corrected chi connectivity index (χ4v) is 4.78. The molecule has 1 aliphatic rings. The Morgan fingerprint density at radius 2 is 2.04 bits per heavy atom. The van der Waals surface area contributed by atoms with Crippen LogP contribution in [-0.2, 0) is 16.6 Å². The van der Waals surface area contributed by atoms with Crippen molar-refractivity contribution in [2.45, 2.75) is 19.9 Å². The molecule has 0 atom stereocenters. The summed E-state index contributed by atoms with van der Waals surface area (Å²) in [5.41, 5.74) is 3.41. The van der Waals surface area contributed by atoms with Gasteiger partial charge in [0.25, 0.3) is 0 Å². The van der Waals surface area contributed by atoms with Gasteiger partial charge in [0, 0.05) is 42.8 Å². The van der Waals surface area contributed by atoms with Gasteiger partial charge in [0.2, 0.25) is 10.0 Å². The number of anilines is 2. The second-order valence-corrected chi connectivity index (χ2v) is 8.74. The molecule has 0 radical (unpaired) electrons. The van der Waals surface area contributed by atoms with Crippen LogP contribution in [0.3, 0.4) is 0 Å². The predicted molar refractivity (Wildman–Crippen MR) is 110 cm³/mol. The van der Waals surface area contributed by atoms with E-state index in [0.29, 0.717) is 36.8 Å². The minimum Gasteiger partial charge on any atom is -0.366 e. The van der Waals surface area contributed by atoms with Gasteiger partial charge in [-0.25, -0.2) is 18.4 Å². The molecule has 2 aromatic heterocycles. The third-order valence-electron chi connectivity index (χ3n) is 4.55. The molecule has 0 unspecified atom stereocenters. The number of aromatic nitrogens is 3. The number of hydrogen-bond acceptors (Lipinski definition) is 6. The minimum absolute atomic E-state index is 0.215. The lowest BCUT2D eigenvalue weighted by Crippen LogP contribution is -2.25. The van der Waals surface area contributed by atoms with Gasteiger partial charge in [-0.05, 0) is 43.2 Å². The van der Waals surface area contributed by atoms with Crippen molar-refractivity contribution < 1.29 is 8.42 Å². The molecule has 1 aromatic carbocycles. The first-order valence-corrected chi connectivity index (χ1v) is 10.7. The maximum Gasteiger partial charge on any atom is 0.235 e. The van der Waals surface area contributed by atoms with Gasteiger partial charge in [-0.2, -0.15) is 0 Å². The molecule has 144 valence electrons. The molecule has 1 N–H and O–H groups in total. The number of pyridine rings is 1. The molecule has 4 rings (SSSR count). The summed E-state index contributed by atoms with van der Waals surface area (Å²) < 4.78 is 25.8. The highest BCUT2D eigenvalue weighted by Crippen LogP contribution is 2.25. The molecular weight excluding hydrogens is 374 g/mol. The highest BCUT2D eigenvalue weighted by atomic mass is 32.2. The van der Waals surface area contributed by atoms with Crippen molar-refractivity contribution in [1.29, 1.82) is 0 Å². The Morgan fingerprint density at radius 1 is 1.14 bits per heavy atom. The summed E-state index contributed by atoms with van der Waals surface area (Å²) in [6.07, 6.45) is 4.12. The molecule has 0 saturated carbocycles. The van der Waals surface area contributed by atoms with Crippen LogP contribution in [-0.4, -0.2) is 35.7 Å². The monoisotopic (exact) mass is 395 g/mol. The maximum atomic E-state index is 12.2. The number of hydrogen-bond donors (Lipinski definition) is 1. The summed E-state index contributed by atoms with van der Waals surface area (Å²) in [4.78, 5) is 13.2. The van der Waals surface area contributed by atoms with E-state index in [9.17, 15) is 8.42 Å². The van der Waals surface area contributed by atoms with Crippen LogP contribution in [0.5, 0.6) is 0 Å². The lowest BCUT2D eigenvalue weighted by atomic mass is 10.2. The quantitative estimate of drug-likeness (QED) is 0.714. The number of sulfonamides is 1. The highest BCUT2D eigenvalue weighted by molar-refractivity contribution is 7.93. The van der Waals surface area contributed by atoms with Crippen molar-refractivity contribution in [3.8, 4) is 11.4 Å². The molecular formula is C20H21N5O2S. The summed E-state index contributed by atoms with van der Waals surface area (Å²) in [6.45, 7) is 3.00. The molecule has 7 nitrogen and oxygen atoms in total. The van der Waals surface area contributed by atoms with Crippen LogP contribution in [0.15, 0.2) is 54.9 Å². The van der Waals surface area contributed by atoms with Gasteiger partial charge in [-0.15, -0.1) is 0 Å². The van der Waals surface area contributed by atoms with Crippen LogP contribution in [0.1, 0.15) is 17.7 Å². The third kappa shape index (κ3) is 3.96. The van der Waals surface area contributed by atoms with E-state index in [4.69, 9.17) is 0 Å². The van der Waals surface area contributed by atoms with Gasteiger partial charge < -0.3 is 5.32 Å². The SMILES string of the molecule is Cc1cc(NCc2cccc(N3CCCS3(=O)=O)c2)nc(-c2cccnc2)n1. The smallest absolute Gasteiger partial charge is 0.235 e. The predicted octanol–water partition coefficient (Wildman–Crippen LogP) is 3.00.